The van der Waals surface area contributed by atoms with E-state index in [0.29, 0.717) is 12.1 Å². The Morgan fingerprint density at radius 3 is 2.35 bits per heavy atom. The van der Waals surface area contributed by atoms with E-state index in [9.17, 15) is 13.2 Å². The van der Waals surface area contributed by atoms with Crippen LogP contribution >= 0.6 is 0 Å². The second-order valence-corrected chi connectivity index (χ2v) is 4.74. The van der Waals surface area contributed by atoms with E-state index in [1.165, 1.54) is 31.2 Å². The normalized spacial score (nSPS) is 14.1. The molecule has 1 atom stereocenters. The molecule has 0 saturated carbocycles. The maximum absolute atomic E-state index is 14.2. The van der Waals surface area contributed by atoms with Gasteiger partial charge in [-0.15, -0.1) is 0 Å². The third-order valence-corrected chi connectivity index (χ3v) is 3.50. The van der Waals surface area contributed by atoms with Gasteiger partial charge in [0.15, 0.2) is 11.6 Å². The Kier molecular flexibility index (Phi) is 3.81. The molecule has 2 aromatic rings. The maximum atomic E-state index is 14.2. The van der Waals surface area contributed by atoms with E-state index in [1.807, 2.05) is 0 Å². The lowest BCUT2D eigenvalue weighted by Gasteiger charge is -2.29. The van der Waals surface area contributed by atoms with Crippen molar-refractivity contribution in [2.24, 2.45) is 5.73 Å². The second kappa shape index (κ2) is 5.25. The highest BCUT2D eigenvalue weighted by atomic mass is 19.2. The smallest absolute Gasteiger partial charge is 0.164 e. The number of pyridine rings is 1. The van der Waals surface area contributed by atoms with Crippen LogP contribution in [0.4, 0.5) is 13.2 Å². The summed E-state index contributed by atoms with van der Waals surface area (Å²) >= 11 is 0. The van der Waals surface area contributed by atoms with Crippen molar-refractivity contribution in [3.05, 3.63) is 64.7 Å². The Bertz CT molecular complexity index is 626. The van der Waals surface area contributed by atoms with E-state index in [2.05, 4.69) is 4.98 Å². The number of hydrogen-bond donors (Lipinski definition) is 1. The van der Waals surface area contributed by atoms with Crippen molar-refractivity contribution in [3.63, 3.8) is 0 Å². The second-order valence-electron chi connectivity index (χ2n) is 4.74. The minimum Gasteiger partial charge on any atom is -0.316 e. The van der Waals surface area contributed by atoms with Crippen LogP contribution in [0.3, 0.4) is 0 Å². The van der Waals surface area contributed by atoms with Crippen LogP contribution in [0.15, 0.2) is 30.5 Å². The first-order valence-electron chi connectivity index (χ1n) is 6.26. The summed E-state index contributed by atoms with van der Waals surface area (Å²) < 4.78 is 40.8. The third kappa shape index (κ3) is 2.29. The van der Waals surface area contributed by atoms with Crippen LogP contribution in [0.5, 0.6) is 0 Å². The molecule has 0 aliphatic carbocycles. The predicted octanol–water partition coefficient (Wildman–Crippen LogP) is 3.42. The Balaban J connectivity index is 2.62. The molecule has 2 rings (SSSR count). The molecule has 0 aliphatic heterocycles. The summed E-state index contributed by atoms with van der Waals surface area (Å²) in [6.07, 6.45) is 1.31. The van der Waals surface area contributed by atoms with Crippen LogP contribution < -0.4 is 5.73 Å². The highest BCUT2D eigenvalue weighted by molar-refractivity contribution is 5.37. The molecule has 20 heavy (non-hydrogen) atoms. The van der Waals surface area contributed by atoms with Gasteiger partial charge >= 0.3 is 0 Å². The molecule has 0 radical (unpaired) electrons. The Morgan fingerprint density at radius 1 is 1.10 bits per heavy atom. The van der Waals surface area contributed by atoms with Crippen LogP contribution in [-0.2, 0) is 5.54 Å². The highest BCUT2D eigenvalue weighted by Gasteiger charge is 2.33. The van der Waals surface area contributed by atoms with Gasteiger partial charge in [0.2, 0.25) is 0 Å². The van der Waals surface area contributed by atoms with Gasteiger partial charge in [-0.05, 0) is 31.0 Å². The molecule has 2 nitrogen and oxygen atoms in total. The van der Waals surface area contributed by atoms with E-state index in [-0.39, 0.29) is 11.1 Å². The van der Waals surface area contributed by atoms with Crippen molar-refractivity contribution in [2.75, 3.05) is 0 Å². The van der Waals surface area contributed by atoms with Crippen LogP contribution in [-0.4, -0.2) is 4.98 Å². The Hall–Kier alpha value is -1.88. The largest absolute Gasteiger partial charge is 0.316 e. The zero-order chi connectivity index (χ0) is 14.9. The lowest BCUT2D eigenvalue weighted by molar-refractivity contribution is 0.434. The minimum atomic E-state index is -1.30. The lowest BCUT2D eigenvalue weighted by atomic mass is 9.84. The highest BCUT2D eigenvalue weighted by Crippen LogP contribution is 2.32. The van der Waals surface area contributed by atoms with Crippen molar-refractivity contribution in [1.29, 1.82) is 0 Å². The topological polar surface area (TPSA) is 38.9 Å². The first-order valence-corrected chi connectivity index (χ1v) is 6.26. The van der Waals surface area contributed by atoms with E-state index in [1.54, 1.807) is 6.92 Å². The van der Waals surface area contributed by atoms with Gasteiger partial charge in [-0.1, -0.05) is 19.1 Å². The minimum absolute atomic E-state index is 0.0159. The molecule has 0 amide bonds. The third-order valence-electron chi connectivity index (χ3n) is 3.50. The van der Waals surface area contributed by atoms with Gasteiger partial charge in [0.05, 0.1) is 17.4 Å². The van der Waals surface area contributed by atoms with Crippen molar-refractivity contribution in [3.8, 4) is 0 Å². The molecule has 1 unspecified atom stereocenters. The molecular weight excluding hydrogens is 265 g/mol. The van der Waals surface area contributed by atoms with Gasteiger partial charge in [-0.3, -0.25) is 4.98 Å². The van der Waals surface area contributed by atoms with Crippen LogP contribution in [0, 0.1) is 24.4 Å². The molecule has 5 heteroatoms. The molecule has 0 saturated heterocycles. The molecule has 2 N–H and O–H groups in total. The summed E-state index contributed by atoms with van der Waals surface area (Å²) in [5.74, 6) is -2.42. The zero-order valence-corrected chi connectivity index (χ0v) is 11.3. The Morgan fingerprint density at radius 2 is 1.80 bits per heavy atom. The number of aromatic nitrogens is 1. The van der Waals surface area contributed by atoms with Gasteiger partial charge in [0.1, 0.15) is 5.82 Å². The number of halogens is 3. The molecular formula is C15H15F3N2. The monoisotopic (exact) mass is 280 g/mol. The Labute approximate surface area is 115 Å². The van der Waals surface area contributed by atoms with Gasteiger partial charge in [-0.2, -0.15) is 0 Å². The fourth-order valence-corrected chi connectivity index (χ4v) is 2.14. The number of nitrogens with zero attached hydrogens (tertiary/aromatic N) is 1. The molecule has 0 fully saturated rings. The SMILES string of the molecule is CCC(N)(c1ccc(F)cn1)c1ccc(C)c(F)c1F. The number of nitrogens with two attached hydrogens (primary N) is 1. The summed E-state index contributed by atoms with van der Waals surface area (Å²) in [6.45, 7) is 3.21. The summed E-state index contributed by atoms with van der Waals surface area (Å²) in [4.78, 5) is 3.90. The molecule has 0 bridgehead atoms. The van der Waals surface area contributed by atoms with Crippen LogP contribution in [0.25, 0.3) is 0 Å². The summed E-state index contributed by atoms with van der Waals surface area (Å²) in [5.41, 5.74) is 5.44. The number of rotatable bonds is 3. The van der Waals surface area contributed by atoms with Gasteiger partial charge in [0, 0.05) is 5.56 Å². The van der Waals surface area contributed by atoms with Crippen molar-refractivity contribution in [1.82, 2.24) is 4.98 Å². The van der Waals surface area contributed by atoms with E-state index in [0.717, 1.165) is 6.20 Å². The first-order chi connectivity index (χ1) is 9.40. The number of aryl methyl sites for hydroxylation is 1. The van der Waals surface area contributed by atoms with Crippen molar-refractivity contribution >= 4 is 0 Å². The lowest BCUT2D eigenvalue weighted by Crippen LogP contribution is -2.39. The van der Waals surface area contributed by atoms with Gasteiger partial charge < -0.3 is 5.73 Å². The molecule has 1 heterocycles. The summed E-state index contributed by atoms with van der Waals surface area (Å²) in [7, 11) is 0. The fraction of sp³-hybridized carbons (Fsp3) is 0.267. The molecule has 1 aromatic carbocycles. The standard InChI is InChI=1S/C15H15F3N2/c1-3-15(19,12-7-5-10(16)8-20-12)11-6-4-9(2)13(17)14(11)18/h4-8H,3,19H2,1-2H3. The van der Waals surface area contributed by atoms with Crippen LogP contribution in [0.1, 0.15) is 30.2 Å². The number of benzene rings is 1. The summed E-state index contributed by atoms with van der Waals surface area (Å²) in [5, 5.41) is 0. The van der Waals surface area contributed by atoms with E-state index in [4.69, 9.17) is 5.73 Å². The van der Waals surface area contributed by atoms with Crippen molar-refractivity contribution < 1.29 is 13.2 Å². The maximum Gasteiger partial charge on any atom is 0.164 e. The summed E-state index contributed by atoms with van der Waals surface area (Å²) in [6, 6.07) is 5.49. The molecule has 0 aliphatic rings. The van der Waals surface area contributed by atoms with E-state index >= 15 is 0 Å². The zero-order valence-electron chi connectivity index (χ0n) is 11.3. The van der Waals surface area contributed by atoms with Crippen LogP contribution in [0.2, 0.25) is 0 Å². The molecule has 1 aromatic heterocycles. The predicted molar refractivity (Wildman–Crippen MR) is 70.5 cm³/mol. The first kappa shape index (κ1) is 14.5. The molecule has 106 valence electrons. The van der Waals surface area contributed by atoms with Crippen molar-refractivity contribution in [2.45, 2.75) is 25.8 Å². The van der Waals surface area contributed by atoms with E-state index < -0.39 is 23.0 Å². The fourth-order valence-electron chi connectivity index (χ4n) is 2.14. The average molecular weight is 280 g/mol. The molecule has 0 spiro atoms. The quantitative estimate of drug-likeness (QED) is 0.935. The number of hydrogen-bond acceptors (Lipinski definition) is 2. The van der Waals surface area contributed by atoms with Gasteiger partial charge in [0.25, 0.3) is 0 Å². The van der Waals surface area contributed by atoms with Gasteiger partial charge in [-0.25, -0.2) is 13.2 Å². The average Bonchev–Trinajstić information content (AvgIpc) is 2.45.